The number of alkyl halides is 1. The van der Waals surface area contributed by atoms with Gasteiger partial charge in [0.1, 0.15) is 12.2 Å². The summed E-state index contributed by atoms with van der Waals surface area (Å²) in [6, 6.07) is 20.0. The number of halogens is 1. The summed E-state index contributed by atoms with van der Waals surface area (Å²) in [5.74, 6) is 0.643. The van der Waals surface area contributed by atoms with Gasteiger partial charge < -0.3 is 9.42 Å². The minimum atomic E-state index is -4.03. The van der Waals surface area contributed by atoms with Crippen molar-refractivity contribution in [3.05, 3.63) is 84.0 Å². The van der Waals surface area contributed by atoms with Crippen molar-refractivity contribution in [2.45, 2.75) is 42.8 Å². The van der Waals surface area contributed by atoms with Crippen molar-refractivity contribution in [3.63, 3.8) is 0 Å². The van der Waals surface area contributed by atoms with E-state index in [0.29, 0.717) is 17.6 Å². The van der Waals surface area contributed by atoms with Crippen LogP contribution in [0, 0.1) is 0 Å². The van der Waals surface area contributed by atoms with Crippen molar-refractivity contribution >= 4 is 26.5 Å². The number of anilines is 1. The van der Waals surface area contributed by atoms with Gasteiger partial charge in [-0.3, -0.25) is 0 Å². The van der Waals surface area contributed by atoms with Gasteiger partial charge in [-0.05, 0) is 30.5 Å². The molecule has 0 N–H and O–H groups in total. The molecule has 7 nitrogen and oxygen atoms in total. The van der Waals surface area contributed by atoms with Gasteiger partial charge in [0, 0.05) is 49.9 Å². The van der Waals surface area contributed by atoms with Crippen molar-refractivity contribution in [1.82, 2.24) is 14.4 Å². The molecule has 2 heterocycles. The van der Waals surface area contributed by atoms with E-state index in [2.05, 4.69) is 22.3 Å². The van der Waals surface area contributed by atoms with Crippen molar-refractivity contribution in [1.29, 1.82) is 0 Å². The van der Waals surface area contributed by atoms with Crippen LogP contribution in [-0.2, 0) is 22.9 Å². The standard InChI is InChI=1S/C27H29FN4O3S/c1-31(2)23-14-7-13-22-21(23)12-8-15-25(22)36(33,34)32-18-20(28)17-24(32)27-29-26(30-35-27)16-6-11-19-9-4-3-5-10-19/h3-5,7-10,12-15,20,24H,6,11,16-18H2,1-2H3/t20?,24-/m0/s1. The second-order valence-corrected chi connectivity index (χ2v) is 11.2. The molecule has 1 aliphatic heterocycles. The lowest BCUT2D eigenvalue weighted by molar-refractivity contribution is 0.289. The predicted molar refractivity (Wildman–Crippen MR) is 137 cm³/mol. The first-order valence-corrected chi connectivity index (χ1v) is 13.5. The van der Waals surface area contributed by atoms with E-state index in [9.17, 15) is 12.8 Å². The Morgan fingerprint density at radius 1 is 1.00 bits per heavy atom. The maximum Gasteiger partial charge on any atom is 0.245 e. The summed E-state index contributed by atoms with van der Waals surface area (Å²) >= 11 is 0. The Morgan fingerprint density at radius 3 is 2.53 bits per heavy atom. The first-order valence-electron chi connectivity index (χ1n) is 12.1. The Kier molecular flexibility index (Phi) is 6.77. The number of benzene rings is 3. The monoisotopic (exact) mass is 508 g/mol. The number of aryl methyl sites for hydroxylation is 2. The van der Waals surface area contributed by atoms with Crippen LogP contribution in [-0.4, -0.2) is 49.7 Å². The quantitative estimate of drug-likeness (QED) is 0.336. The Hall–Kier alpha value is -3.30. The molecule has 4 aromatic rings. The molecule has 1 fully saturated rings. The molecule has 1 saturated heterocycles. The van der Waals surface area contributed by atoms with E-state index in [4.69, 9.17) is 4.52 Å². The van der Waals surface area contributed by atoms with Crippen LogP contribution in [0.25, 0.3) is 10.8 Å². The van der Waals surface area contributed by atoms with Crippen LogP contribution in [0.4, 0.5) is 10.1 Å². The lowest BCUT2D eigenvalue weighted by Crippen LogP contribution is -2.32. The van der Waals surface area contributed by atoms with Gasteiger partial charge in [0.25, 0.3) is 0 Å². The molecule has 2 atom stereocenters. The Bertz CT molecular complexity index is 1460. The van der Waals surface area contributed by atoms with Crippen LogP contribution >= 0.6 is 0 Å². The second-order valence-electron chi connectivity index (χ2n) is 9.33. The van der Waals surface area contributed by atoms with E-state index in [1.807, 2.05) is 55.4 Å². The Labute approximate surface area is 210 Å². The highest BCUT2D eigenvalue weighted by molar-refractivity contribution is 7.89. The molecule has 3 aromatic carbocycles. The molecule has 0 amide bonds. The predicted octanol–water partition coefficient (Wildman–Crippen LogP) is 4.94. The van der Waals surface area contributed by atoms with E-state index in [0.717, 1.165) is 23.9 Å². The molecular weight excluding hydrogens is 479 g/mol. The molecule has 9 heteroatoms. The summed E-state index contributed by atoms with van der Waals surface area (Å²) in [6.07, 6.45) is 0.958. The van der Waals surface area contributed by atoms with Crippen LogP contribution in [0.1, 0.15) is 36.2 Å². The Morgan fingerprint density at radius 2 is 1.75 bits per heavy atom. The van der Waals surface area contributed by atoms with E-state index < -0.39 is 22.2 Å². The zero-order valence-corrected chi connectivity index (χ0v) is 21.2. The molecule has 0 aliphatic carbocycles. The van der Waals surface area contributed by atoms with Crippen molar-refractivity contribution in [2.75, 3.05) is 25.5 Å². The van der Waals surface area contributed by atoms with Crippen molar-refractivity contribution in [3.8, 4) is 0 Å². The fraction of sp³-hybridized carbons (Fsp3) is 0.333. The number of nitrogens with zero attached hydrogens (tertiary/aromatic N) is 4. The topological polar surface area (TPSA) is 79.5 Å². The average molecular weight is 509 g/mol. The molecule has 188 valence electrons. The van der Waals surface area contributed by atoms with Gasteiger partial charge in [0.2, 0.25) is 15.9 Å². The molecule has 0 radical (unpaired) electrons. The number of hydrogen-bond acceptors (Lipinski definition) is 6. The number of rotatable bonds is 8. The number of aromatic nitrogens is 2. The highest BCUT2D eigenvalue weighted by Crippen LogP contribution is 2.39. The van der Waals surface area contributed by atoms with E-state index in [1.165, 1.54) is 9.87 Å². The second kappa shape index (κ2) is 9.99. The summed E-state index contributed by atoms with van der Waals surface area (Å²) in [7, 11) is -0.215. The third kappa shape index (κ3) is 4.73. The molecule has 1 aliphatic rings. The van der Waals surface area contributed by atoms with E-state index in [-0.39, 0.29) is 23.8 Å². The lowest BCUT2D eigenvalue weighted by Gasteiger charge is -2.23. The summed E-state index contributed by atoms with van der Waals surface area (Å²) in [4.78, 5) is 6.54. The van der Waals surface area contributed by atoms with Gasteiger partial charge in [0.15, 0.2) is 5.82 Å². The first kappa shape index (κ1) is 24.4. The normalized spacial score (nSPS) is 18.6. The number of hydrogen-bond donors (Lipinski definition) is 0. The first-order chi connectivity index (χ1) is 17.3. The minimum absolute atomic E-state index is 0.0153. The molecule has 36 heavy (non-hydrogen) atoms. The molecular formula is C27H29FN4O3S. The number of fused-ring (bicyclic) bond motifs is 1. The SMILES string of the molecule is CN(C)c1cccc2c(S(=O)(=O)N3CC(F)C[C@H]3c3nc(CCCc4ccccc4)no3)cccc12. The Balaban J connectivity index is 1.40. The van der Waals surface area contributed by atoms with Gasteiger partial charge >= 0.3 is 0 Å². The van der Waals surface area contributed by atoms with Crippen LogP contribution in [0.2, 0.25) is 0 Å². The largest absolute Gasteiger partial charge is 0.377 e. The van der Waals surface area contributed by atoms with Crippen LogP contribution < -0.4 is 4.90 Å². The zero-order valence-electron chi connectivity index (χ0n) is 20.3. The van der Waals surface area contributed by atoms with Gasteiger partial charge in [-0.1, -0.05) is 59.8 Å². The van der Waals surface area contributed by atoms with Gasteiger partial charge in [-0.25, -0.2) is 12.8 Å². The maximum absolute atomic E-state index is 14.6. The van der Waals surface area contributed by atoms with Crippen molar-refractivity contribution in [2.24, 2.45) is 0 Å². The molecule has 5 rings (SSSR count). The maximum atomic E-state index is 14.6. The van der Waals surface area contributed by atoms with Crippen LogP contribution in [0.15, 0.2) is 76.1 Å². The third-order valence-electron chi connectivity index (χ3n) is 6.61. The van der Waals surface area contributed by atoms with E-state index >= 15 is 0 Å². The van der Waals surface area contributed by atoms with Gasteiger partial charge in [-0.15, -0.1) is 0 Å². The molecule has 0 bridgehead atoms. The van der Waals surface area contributed by atoms with Gasteiger partial charge in [-0.2, -0.15) is 9.29 Å². The molecule has 1 aromatic heterocycles. The lowest BCUT2D eigenvalue weighted by atomic mass is 10.1. The molecule has 0 spiro atoms. The fourth-order valence-electron chi connectivity index (χ4n) is 4.85. The highest BCUT2D eigenvalue weighted by atomic mass is 32.2. The smallest absolute Gasteiger partial charge is 0.245 e. The summed E-state index contributed by atoms with van der Waals surface area (Å²) < 4.78 is 49.0. The number of sulfonamides is 1. The van der Waals surface area contributed by atoms with Gasteiger partial charge in [0.05, 0.1) is 4.90 Å². The molecule has 0 saturated carbocycles. The summed E-state index contributed by atoms with van der Waals surface area (Å²) in [6.45, 7) is -0.248. The average Bonchev–Trinajstić information content (AvgIpc) is 3.50. The third-order valence-corrected chi connectivity index (χ3v) is 8.54. The zero-order chi connectivity index (χ0) is 25.3. The van der Waals surface area contributed by atoms with Crippen LogP contribution in [0.5, 0.6) is 0 Å². The molecule has 1 unspecified atom stereocenters. The minimum Gasteiger partial charge on any atom is -0.377 e. The van der Waals surface area contributed by atoms with Crippen molar-refractivity contribution < 1.29 is 17.3 Å². The highest BCUT2D eigenvalue weighted by Gasteiger charge is 2.44. The van der Waals surface area contributed by atoms with E-state index in [1.54, 1.807) is 18.2 Å². The fourth-order valence-corrected chi connectivity index (χ4v) is 6.68. The van der Waals surface area contributed by atoms with Crippen LogP contribution in [0.3, 0.4) is 0 Å². The summed E-state index contributed by atoms with van der Waals surface area (Å²) in [5, 5.41) is 5.46. The summed E-state index contributed by atoms with van der Waals surface area (Å²) in [5.41, 5.74) is 2.13.